The van der Waals surface area contributed by atoms with Crippen LogP contribution in [0, 0.1) is 23.2 Å². The molecule has 0 aliphatic carbocycles. The summed E-state index contributed by atoms with van der Waals surface area (Å²) in [6, 6.07) is 15.2. The van der Waals surface area contributed by atoms with E-state index in [1.807, 2.05) is 62.5 Å². The average Bonchev–Trinajstić information content (AvgIpc) is 3.27. The molecule has 1 aliphatic heterocycles. The molecule has 1 aromatic heterocycles. The third-order valence-corrected chi connectivity index (χ3v) is 6.71. The maximum absolute atomic E-state index is 13.1. The van der Waals surface area contributed by atoms with Crippen molar-refractivity contribution < 1.29 is 9.59 Å². The molecular formula is C23H23N3O2S2. The molecule has 2 aromatic rings. The van der Waals surface area contributed by atoms with Crippen LogP contribution in [0.5, 0.6) is 0 Å². The molecule has 0 fully saturated rings. The molecule has 5 nitrogen and oxygen atoms in total. The Morgan fingerprint density at radius 2 is 1.97 bits per heavy atom. The van der Waals surface area contributed by atoms with Crippen molar-refractivity contribution in [3.8, 4) is 6.07 Å². The summed E-state index contributed by atoms with van der Waals surface area (Å²) in [6.45, 7) is 5.83. The van der Waals surface area contributed by atoms with Crippen molar-refractivity contribution in [3.05, 3.63) is 74.6 Å². The monoisotopic (exact) mass is 437 g/mol. The van der Waals surface area contributed by atoms with Gasteiger partial charge in [0.05, 0.1) is 27.3 Å². The van der Waals surface area contributed by atoms with Crippen LogP contribution in [0.4, 0.5) is 5.69 Å². The number of thioether (sulfide) groups is 1. The van der Waals surface area contributed by atoms with E-state index in [2.05, 4.69) is 16.7 Å². The molecule has 0 spiro atoms. The molecule has 1 aromatic carbocycles. The fraction of sp³-hybridized carbons (Fsp3) is 0.261. The minimum Gasteiger partial charge on any atom is -0.353 e. The Balaban J connectivity index is 1.85. The molecule has 2 heterocycles. The topological polar surface area (TPSA) is 82.0 Å². The van der Waals surface area contributed by atoms with Crippen LogP contribution >= 0.6 is 23.1 Å². The molecule has 30 heavy (non-hydrogen) atoms. The number of dihydropyridines is 1. The van der Waals surface area contributed by atoms with Crippen LogP contribution in [0.2, 0.25) is 0 Å². The first kappa shape index (κ1) is 21.9. The number of ketones is 1. The molecule has 1 unspecified atom stereocenters. The van der Waals surface area contributed by atoms with E-state index in [1.54, 1.807) is 6.07 Å². The van der Waals surface area contributed by atoms with Gasteiger partial charge in [-0.25, -0.2) is 0 Å². The van der Waals surface area contributed by atoms with Gasteiger partial charge in [-0.3, -0.25) is 9.59 Å². The lowest BCUT2D eigenvalue weighted by molar-refractivity contribution is -0.113. The van der Waals surface area contributed by atoms with Crippen LogP contribution in [0.25, 0.3) is 0 Å². The second-order valence-corrected chi connectivity index (χ2v) is 9.18. The number of rotatable bonds is 7. The van der Waals surface area contributed by atoms with E-state index in [0.29, 0.717) is 32.4 Å². The largest absolute Gasteiger partial charge is 0.353 e. The van der Waals surface area contributed by atoms with Crippen molar-refractivity contribution in [2.75, 3.05) is 11.1 Å². The molecule has 3 rings (SSSR count). The van der Waals surface area contributed by atoms with Gasteiger partial charge in [0.15, 0.2) is 5.78 Å². The number of Topliss-reactive ketones (excluding diaryl/α,β-unsaturated/α-hetero) is 1. The zero-order valence-electron chi connectivity index (χ0n) is 17.1. The van der Waals surface area contributed by atoms with E-state index in [-0.39, 0.29) is 29.3 Å². The molecule has 1 aliphatic rings. The van der Waals surface area contributed by atoms with Crippen molar-refractivity contribution in [3.63, 3.8) is 0 Å². The number of allylic oxidation sites excluding steroid dienone is 2. The van der Waals surface area contributed by atoms with Crippen LogP contribution in [-0.4, -0.2) is 17.4 Å². The van der Waals surface area contributed by atoms with Crippen LogP contribution in [0.1, 0.15) is 30.4 Å². The van der Waals surface area contributed by atoms with Gasteiger partial charge in [-0.2, -0.15) is 5.26 Å². The average molecular weight is 438 g/mol. The number of thiophene rings is 1. The normalized spacial score (nSPS) is 16.3. The Labute approximate surface area is 184 Å². The van der Waals surface area contributed by atoms with Crippen LogP contribution in [0.15, 0.2) is 69.7 Å². The van der Waals surface area contributed by atoms with Crippen molar-refractivity contribution in [2.45, 2.75) is 20.8 Å². The van der Waals surface area contributed by atoms with Crippen molar-refractivity contribution in [1.29, 1.82) is 5.26 Å². The zero-order valence-corrected chi connectivity index (χ0v) is 18.7. The van der Waals surface area contributed by atoms with Gasteiger partial charge in [0.2, 0.25) is 0 Å². The second-order valence-electron chi connectivity index (χ2n) is 7.25. The summed E-state index contributed by atoms with van der Waals surface area (Å²) in [5.41, 5.74) is 2.46. The number of carbonyl (C=O) groups is 2. The van der Waals surface area contributed by atoms with Gasteiger partial charge < -0.3 is 10.6 Å². The van der Waals surface area contributed by atoms with Crippen molar-refractivity contribution >= 4 is 40.5 Å². The highest BCUT2D eigenvalue weighted by Crippen LogP contribution is 2.38. The third kappa shape index (κ3) is 4.84. The number of amides is 1. The molecule has 0 radical (unpaired) electrons. The summed E-state index contributed by atoms with van der Waals surface area (Å²) in [5, 5.41) is 18.6. The van der Waals surface area contributed by atoms with E-state index < -0.39 is 0 Å². The first-order chi connectivity index (χ1) is 14.4. The fourth-order valence-corrected chi connectivity index (χ4v) is 5.14. The zero-order chi connectivity index (χ0) is 21.7. The summed E-state index contributed by atoms with van der Waals surface area (Å²) in [4.78, 5) is 26.2. The van der Waals surface area contributed by atoms with Gasteiger partial charge in [0.1, 0.15) is 0 Å². The number of hydrogen-bond donors (Lipinski definition) is 2. The number of nitrogens with one attached hydrogen (secondary N) is 2. The first-order valence-corrected chi connectivity index (χ1v) is 11.5. The molecule has 7 heteroatoms. The molecule has 1 amide bonds. The lowest BCUT2D eigenvalue weighted by Gasteiger charge is -2.31. The highest BCUT2D eigenvalue weighted by atomic mass is 32.2. The van der Waals surface area contributed by atoms with Gasteiger partial charge in [-0.1, -0.05) is 49.9 Å². The lowest BCUT2D eigenvalue weighted by Crippen LogP contribution is -2.34. The predicted octanol–water partition coefficient (Wildman–Crippen LogP) is 5.19. The number of para-hydroxylation sites is 1. The van der Waals surface area contributed by atoms with Crippen LogP contribution < -0.4 is 10.6 Å². The predicted molar refractivity (Wildman–Crippen MR) is 123 cm³/mol. The maximum Gasteiger partial charge on any atom is 0.253 e. The van der Waals surface area contributed by atoms with Gasteiger partial charge in [0.25, 0.3) is 5.91 Å². The molecule has 0 saturated heterocycles. The third-order valence-electron chi connectivity index (χ3n) is 4.78. The Morgan fingerprint density at radius 3 is 2.57 bits per heavy atom. The summed E-state index contributed by atoms with van der Waals surface area (Å²) < 4.78 is 0. The maximum atomic E-state index is 13.1. The molecule has 0 bridgehead atoms. The van der Waals surface area contributed by atoms with Crippen molar-refractivity contribution in [1.82, 2.24) is 5.32 Å². The first-order valence-electron chi connectivity index (χ1n) is 9.60. The highest BCUT2D eigenvalue weighted by Gasteiger charge is 2.35. The summed E-state index contributed by atoms with van der Waals surface area (Å²) >= 11 is 2.73. The minimum absolute atomic E-state index is 0.0249. The Hall–Kier alpha value is -2.82. The quantitative estimate of drug-likeness (QED) is 0.583. The molecule has 1 atom stereocenters. The van der Waals surface area contributed by atoms with E-state index in [9.17, 15) is 14.9 Å². The number of anilines is 1. The summed E-state index contributed by atoms with van der Waals surface area (Å²) in [5.74, 6) is -0.276. The van der Waals surface area contributed by atoms with Gasteiger partial charge in [-0.05, 0) is 36.4 Å². The standard InChI is InChI=1S/C23H23N3O2S2/c1-14(2)20-17(12-24)23(30-13-18(27)19-10-7-11-29-19)25-15(3)21(20)22(28)26-16-8-5-4-6-9-16/h4-11,14,20,25H,13H2,1-3H3,(H,26,28). The van der Waals surface area contributed by atoms with Crippen LogP contribution in [-0.2, 0) is 4.79 Å². The molecule has 154 valence electrons. The molecular weight excluding hydrogens is 414 g/mol. The number of nitriles is 1. The molecule has 2 N–H and O–H groups in total. The van der Waals surface area contributed by atoms with Crippen LogP contribution in [0.3, 0.4) is 0 Å². The second kappa shape index (κ2) is 9.79. The summed E-state index contributed by atoms with van der Waals surface area (Å²) in [6.07, 6.45) is 0. The number of benzene rings is 1. The van der Waals surface area contributed by atoms with E-state index in [1.165, 1.54) is 23.1 Å². The number of carbonyl (C=O) groups excluding carboxylic acids is 2. The van der Waals surface area contributed by atoms with Gasteiger partial charge in [-0.15, -0.1) is 11.3 Å². The van der Waals surface area contributed by atoms with E-state index in [0.717, 1.165) is 0 Å². The van der Waals surface area contributed by atoms with Gasteiger partial charge in [0, 0.05) is 22.9 Å². The fourth-order valence-electron chi connectivity index (χ4n) is 3.40. The minimum atomic E-state index is -0.348. The Kier molecular flexibility index (Phi) is 7.14. The van der Waals surface area contributed by atoms with Gasteiger partial charge >= 0.3 is 0 Å². The number of nitrogens with zero attached hydrogens (tertiary/aromatic N) is 1. The summed E-state index contributed by atoms with van der Waals surface area (Å²) in [7, 11) is 0. The SMILES string of the molecule is CC1=C(C(=O)Nc2ccccc2)C(C(C)C)C(C#N)=C(SCC(=O)c2cccs2)N1. The smallest absolute Gasteiger partial charge is 0.253 e. The Morgan fingerprint density at radius 1 is 1.23 bits per heavy atom. The number of hydrogen-bond acceptors (Lipinski definition) is 6. The highest BCUT2D eigenvalue weighted by molar-refractivity contribution is 8.03. The lowest BCUT2D eigenvalue weighted by atomic mass is 9.79. The Bertz CT molecular complexity index is 1030. The van der Waals surface area contributed by atoms with E-state index in [4.69, 9.17) is 0 Å². The molecule has 0 saturated carbocycles. The van der Waals surface area contributed by atoms with E-state index >= 15 is 0 Å². The van der Waals surface area contributed by atoms with Crippen molar-refractivity contribution in [2.24, 2.45) is 11.8 Å².